The van der Waals surface area contributed by atoms with Crippen molar-refractivity contribution < 1.29 is 9.90 Å². The predicted molar refractivity (Wildman–Crippen MR) is 114 cm³/mol. The Kier molecular flexibility index (Phi) is 12.2. The van der Waals surface area contributed by atoms with Gasteiger partial charge >= 0.3 is 0 Å². The number of aromatic nitrogens is 2. The van der Waals surface area contributed by atoms with Crippen molar-refractivity contribution in [2.75, 3.05) is 12.4 Å². The number of aromatic amines is 1. The third-order valence-corrected chi connectivity index (χ3v) is 6.86. The minimum Gasteiger partial charge on any atom is -0.396 e. The lowest BCUT2D eigenvalue weighted by Crippen LogP contribution is -2.26. The van der Waals surface area contributed by atoms with Crippen molar-refractivity contribution in [3.63, 3.8) is 0 Å². The summed E-state index contributed by atoms with van der Waals surface area (Å²) in [5, 5.41) is 9.38. The molecule has 0 aliphatic heterocycles. The molecule has 0 fully saturated rings. The summed E-state index contributed by atoms with van der Waals surface area (Å²) in [6.45, 7) is 5.96. The van der Waals surface area contributed by atoms with E-state index in [1.807, 2.05) is 6.92 Å². The molecule has 1 aromatic heterocycles. The lowest BCUT2D eigenvalue weighted by Gasteiger charge is -2.21. The van der Waals surface area contributed by atoms with Gasteiger partial charge in [0.2, 0.25) is 6.41 Å². The van der Waals surface area contributed by atoms with Gasteiger partial charge in [0.1, 0.15) is 5.82 Å². The second kappa shape index (κ2) is 13.8. The number of H-pyrrole nitrogens is 1. The number of hydrogen-bond donors (Lipinski definition) is 2. The normalized spacial score (nSPS) is 12.0. The Morgan fingerprint density at radius 1 is 1.33 bits per heavy atom. The highest BCUT2D eigenvalue weighted by Crippen LogP contribution is 2.35. The number of carbonyl (C=O) groups excluding carboxylic acids is 1. The molecular formula is C19H31N3O3S2. The fraction of sp³-hybridized carbons (Fsp3) is 0.632. The highest BCUT2D eigenvalue weighted by molar-refractivity contribution is 8.78. The first-order chi connectivity index (χ1) is 13.0. The van der Waals surface area contributed by atoms with Crippen molar-refractivity contribution in [2.24, 2.45) is 0 Å². The van der Waals surface area contributed by atoms with Crippen LogP contribution in [0.5, 0.6) is 0 Å². The van der Waals surface area contributed by atoms with Gasteiger partial charge in [0.15, 0.2) is 0 Å². The molecule has 0 saturated heterocycles. The van der Waals surface area contributed by atoms with E-state index in [0.29, 0.717) is 17.8 Å². The zero-order valence-corrected chi connectivity index (χ0v) is 18.1. The molecule has 0 atom stereocenters. The van der Waals surface area contributed by atoms with E-state index in [4.69, 9.17) is 0 Å². The first-order valence-corrected chi connectivity index (χ1v) is 11.7. The van der Waals surface area contributed by atoms with Crippen LogP contribution in [-0.2, 0) is 11.3 Å². The quantitative estimate of drug-likeness (QED) is 0.272. The molecule has 2 N–H and O–H groups in total. The van der Waals surface area contributed by atoms with Gasteiger partial charge in [0.25, 0.3) is 5.56 Å². The minimum atomic E-state index is -0.236. The fourth-order valence-electron chi connectivity index (χ4n) is 2.46. The van der Waals surface area contributed by atoms with Crippen molar-refractivity contribution in [1.82, 2.24) is 14.9 Å². The summed E-state index contributed by atoms with van der Waals surface area (Å²) >= 11 is 0. The maximum absolute atomic E-state index is 12.0. The van der Waals surface area contributed by atoms with Crippen LogP contribution in [0.25, 0.3) is 0 Å². The lowest BCUT2D eigenvalue weighted by molar-refractivity contribution is -0.116. The number of aliphatic hydroxyl groups is 1. The molecule has 0 aromatic carbocycles. The Morgan fingerprint density at radius 2 is 2.07 bits per heavy atom. The molecular weight excluding hydrogens is 382 g/mol. The average Bonchev–Trinajstić information content (AvgIpc) is 2.65. The highest BCUT2D eigenvalue weighted by Gasteiger charge is 2.14. The molecule has 0 spiro atoms. The van der Waals surface area contributed by atoms with Gasteiger partial charge in [-0.3, -0.25) is 9.59 Å². The van der Waals surface area contributed by atoms with Crippen LogP contribution in [0.4, 0.5) is 0 Å². The number of nitrogens with zero attached hydrogens (tertiary/aromatic N) is 2. The summed E-state index contributed by atoms with van der Waals surface area (Å²) in [6.07, 6.45) is 8.93. The van der Waals surface area contributed by atoms with E-state index < -0.39 is 0 Å². The van der Waals surface area contributed by atoms with Gasteiger partial charge in [-0.15, -0.1) is 0 Å². The summed E-state index contributed by atoms with van der Waals surface area (Å²) in [4.78, 5) is 32.8. The second-order valence-corrected chi connectivity index (χ2v) is 8.87. The van der Waals surface area contributed by atoms with E-state index >= 15 is 0 Å². The van der Waals surface area contributed by atoms with E-state index in [1.54, 1.807) is 28.5 Å². The number of hydrogen-bond acceptors (Lipinski definition) is 6. The van der Waals surface area contributed by atoms with Gasteiger partial charge in [-0.25, -0.2) is 4.98 Å². The van der Waals surface area contributed by atoms with Gasteiger partial charge in [0, 0.05) is 35.6 Å². The Hall–Kier alpha value is -1.25. The third kappa shape index (κ3) is 8.99. The van der Waals surface area contributed by atoms with E-state index in [-0.39, 0.29) is 18.7 Å². The molecule has 152 valence electrons. The molecule has 27 heavy (non-hydrogen) atoms. The van der Waals surface area contributed by atoms with Gasteiger partial charge in [0.05, 0.1) is 12.1 Å². The van der Waals surface area contributed by atoms with Crippen LogP contribution in [0.15, 0.2) is 21.6 Å². The molecule has 1 amide bonds. The molecule has 0 aliphatic rings. The summed E-state index contributed by atoms with van der Waals surface area (Å²) in [7, 11) is 3.36. The maximum Gasteiger partial charge on any atom is 0.255 e. The van der Waals surface area contributed by atoms with E-state index in [2.05, 4.69) is 16.9 Å². The SMILES string of the molecule is CCCCCCCSS/C(CCO)=C(\C)N(C=O)Cc1cnc(C)[nH]c1=O. The van der Waals surface area contributed by atoms with Gasteiger partial charge in [-0.1, -0.05) is 54.2 Å². The molecule has 8 heteroatoms. The van der Waals surface area contributed by atoms with Crippen LogP contribution in [0.2, 0.25) is 0 Å². The van der Waals surface area contributed by atoms with E-state index in [1.165, 1.54) is 43.2 Å². The summed E-state index contributed by atoms with van der Waals surface area (Å²) < 4.78 is 0. The number of aryl methyl sites for hydroxylation is 1. The van der Waals surface area contributed by atoms with Crippen molar-refractivity contribution in [1.29, 1.82) is 0 Å². The van der Waals surface area contributed by atoms with Crippen molar-refractivity contribution in [3.05, 3.63) is 38.5 Å². The standard InChI is InChI=1S/C19H31N3O3S2/c1-4-5-6-7-8-11-26-27-18(9-10-23)15(2)22(14-24)13-17-12-20-16(3)21-19(17)25/h12,14,23H,4-11,13H2,1-3H3,(H,20,21,25)/b18-15+. The second-order valence-electron chi connectivity index (χ2n) is 6.36. The molecule has 0 aliphatic carbocycles. The Labute approximate surface area is 169 Å². The number of unbranched alkanes of at least 4 members (excludes halogenated alkanes) is 4. The van der Waals surface area contributed by atoms with Gasteiger partial charge in [-0.05, 0) is 20.3 Å². The molecule has 1 heterocycles. The Bertz CT molecular complexity index is 662. The topological polar surface area (TPSA) is 86.3 Å². The van der Waals surface area contributed by atoms with Crippen LogP contribution in [0.1, 0.15) is 63.8 Å². The van der Waals surface area contributed by atoms with E-state index in [0.717, 1.165) is 22.8 Å². The van der Waals surface area contributed by atoms with E-state index in [9.17, 15) is 14.7 Å². The monoisotopic (exact) mass is 413 g/mol. The first-order valence-electron chi connectivity index (χ1n) is 9.40. The number of nitrogens with one attached hydrogen (secondary N) is 1. The predicted octanol–water partition coefficient (Wildman–Crippen LogP) is 4.00. The first kappa shape index (κ1) is 23.8. The Morgan fingerprint density at radius 3 is 2.70 bits per heavy atom. The van der Waals surface area contributed by atoms with Crippen molar-refractivity contribution >= 4 is 28.0 Å². The van der Waals surface area contributed by atoms with Crippen molar-refractivity contribution in [3.8, 4) is 0 Å². The summed E-state index contributed by atoms with van der Waals surface area (Å²) in [5.41, 5.74) is 0.964. The van der Waals surface area contributed by atoms with Crippen LogP contribution in [-0.4, -0.2) is 38.7 Å². The molecule has 0 bridgehead atoms. The number of amides is 1. The number of allylic oxidation sites excluding steroid dienone is 1. The summed E-state index contributed by atoms with van der Waals surface area (Å²) in [5.74, 6) is 1.58. The van der Waals surface area contributed by atoms with Gasteiger partial charge in [-0.2, -0.15) is 0 Å². The maximum atomic E-state index is 12.0. The Balaban J connectivity index is 2.71. The van der Waals surface area contributed by atoms with Crippen LogP contribution < -0.4 is 5.56 Å². The molecule has 0 saturated carbocycles. The smallest absolute Gasteiger partial charge is 0.255 e. The third-order valence-electron chi connectivity index (χ3n) is 4.13. The fourth-order valence-corrected chi connectivity index (χ4v) is 5.07. The molecule has 0 unspecified atom stereocenters. The van der Waals surface area contributed by atoms with Crippen molar-refractivity contribution in [2.45, 2.75) is 65.8 Å². The lowest BCUT2D eigenvalue weighted by atomic mass is 10.2. The number of carbonyl (C=O) groups is 1. The van der Waals surface area contributed by atoms with Crippen LogP contribution in [0.3, 0.4) is 0 Å². The van der Waals surface area contributed by atoms with Crippen LogP contribution in [0, 0.1) is 6.92 Å². The molecule has 6 nitrogen and oxygen atoms in total. The molecule has 0 radical (unpaired) electrons. The zero-order chi connectivity index (χ0) is 20.1. The van der Waals surface area contributed by atoms with Gasteiger partial charge < -0.3 is 15.0 Å². The molecule has 1 rings (SSSR count). The summed E-state index contributed by atoms with van der Waals surface area (Å²) in [6, 6.07) is 0. The number of rotatable bonds is 14. The largest absolute Gasteiger partial charge is 0.396 e. The minimum absolute atomic E-state index is 0.0239. The molecule has 1 aromatic rings. The van der Waals surface area contributed by atoms with Crippen LogP contribution >= 0.6 is 21.6 Å². The number of aliphatic hydroxyl groups excluding tert-OH is 1. The highest BCUT2D eigenvalue weighted by atomic mass is 33.1. The zero-order valence-electron chi connectivity index (χ0n) is 16.5. The average molecular weight is 414 g/mol.